The predicted octanol–water partition coefficient (Wildman–Crippen LogP) is 0.931. The summed E-state index contributed by atoms with van der Waals surface area (Å²) in [4.78, 5) is 11.9. The van der Waals surface area contributed by atoms with E-state index < -0.39 is 17.5 Å². The number of carbonyl (C=O) groups excluding carboxylic acids is 1. The van der Waals surface area contributed by atoms with Crippen molar-refractivity contribution in [3.63, 3.8) is 0 Å². The molecule has 1 unspecified atom stereocenters. The van der Waals surface area contributed by atoms with Gasteiger partial charge in [0.2, 0.25) is 5.91 Å². The van der Waals surface area contributed by atoms with Gasteiger partial charge in [0.15, 0.2) is 5.41 Å². The fourth-order valence-corrected chi connectivity index (χ4v) is 2.30. The van der Waals surface area contributed by atoms with Crippen LogP contribution in [0.25, 0.3) is 0 Å². The number of hydrogen-bond donors (Lipinski definition) is 2. The molecule has 5 nitrogen and oxygen atoms in total. The van der Waals surface area contributed by atoms with E-state index in [-0.39, 0.29) is 26.1 Å². The van der Waals surface area contributed by atoms with Crippen molar-refractivity contribution >= 4 is 5.91 Å². The van der Waals surface area contributed by atoms with E-state index in [1.165, 1.54) is 0 Å². The summed E-state index contributed by atoms with van der Waals surface area (Å²) < 4.78 is 40.9. The van der Waals surface area contributed by atoms with E-state index >= 15 is 0 Å². The average Bonchev–Trinajstić information content (AvgIpc) is 3.04. The summed E-state index contributed by atoms with van der Waals surface area (Å²) in [7, 11) is 0. The Kier molecular flexibility index (Phi) is 4.32. The molecule has 0 aromatic carbocycles. The molecule has 1 amide bonds. The van der Waals surface area contributed by atoms with Crippen LogP contribution >= 0.6 is 0 Å². The summed E-state index contributed by atoms with van der Waals surface area (Å²) in [5, 5.41) is 8.99. The predicted molar refractivity (Wildman–Crippen MR) is 65.8 cm³/mol. The van der Waals surface area contributed by atoms with Crippen molar-refractivity contribution < 1.29 is 18.0 Å². The second-order valence-corrected chi connectivity index (χ2v) is 4.89. The van der Waals surface area contributed by atoms with Gasteiger partial charge in [0.1, 0.15) is 0 Å². The highest BCUT2D eigenvalue weighted by molar-refractivity contribution is 5.84. The molecule has 1 fully saturated rings. The van der Waals surface area contributed by atoms with Gasteiger partial charge in [-0.25, -0.2) is 0 Å². The number of rotatable bonds is 5. The van der Waals surface area contributed by atoms with E-state index in [4.69, 9.17) is 0 Å². The number of hydrogen-bond acceptors (Lipinski definition) is 3. The minimum absolute atomic E-state index is 0.205. The molecule has 1 aliphatic heterocycles. The van der Waals surface area contributed by atoms with Crippen molar-refractivity contribution in [3.8, 4) is 0 Å². The Labute approximate surface area is 114 Å². The zero-order chi connectivity index (χ0) is 14.6. The maximum absolute atomic E-state index is 13.1. The van der Waals surface area contributed by atoms with Crippen molar-refractivity contribution in [1.29, 1.82) is 0 Å². The third-order valence-electron chi connectivity index (χ3n) is 3.54. The lowest BCUT2D eigenvalue weighted by molar-refractivity contribution is -0.216. The van der Waals surface area contributed by atoms with Crippen molar-refractivity contribution in [2.75, 3.05) is 19.6 Å². The topological polar surface area (TPSA) is 59.0 Å². The number of aromatic nitrogens is 2. The van der Waals surface area contributed by atoms with Crippen LogP contribution in [0.3, 0.4) is 0 Å². The summed E-state index contributed by atoms with van der Waals surface area (Å²) in [6.45, 7) is 0.628. The summed E-state index contributed by atoms with van der Waals surface area (Å²) in [6, 6.07) is 1.77. The van der Waals surface area contributed by atoms with Gasteiger partial charge in [-0.05, 0) is 25.5 Å². The molecule has 1 aliphatic rings. The van der Waals surface area contributed by atoms with Crippen LogP contribution in [0.5, 0.6) is 0 Å². The van der Waals surface area contributed by atoms with Crippen molar-refractivity contribution in [3.05, 3.63) is 18.5 Å². The molecule has 8 heteroatoms. The van der Waals surface area contributed by atoms with Crippen molar-refractivity contribution in [2.45, 2.75) is 25.6 Å². The number of nitrogens with one attached hydrogen (secondary N) is 2. The fraction of sp³-hybridized carbons (Fsp3) is 0.667. The Balaban J connectivity index is 1.84. The first-order valence-electron chi connectivity index (χ1n) is 6.49. The lowest BCUT2D eigenvalue weighted by atomic mass is 9.85. The largest absolute Gasteiger partial charge is 0.404 e. The quantitative estimate of drug-likeness (QED) is 0.793. The van der Waals surface area contributed by atoms with Crippen molar-refractivity contribution in [2.24, 2.45) is 5.41 Å². The van der Waals surface area contributed by atoms with Crippen LogP contribution in [0, 0.1) is 5.41 Å². The Morgan fingerprint density at radius 1 is 1.50 bits per heavy atom. The van der Waals surface area contributed by atoms with E-state index in [1.807, 2.05) is 0 Å². The van der Waals surface area contributed by atoms with Crippen molar-refractivity contribution in [1.82, 2.24) is 20.4 Å². The smallest absolute Gasteiger partial charge is 0.355 e. The molecule has 0 radical (unpaired) electrons. The Hall–Kier alpha value is -1.57. The minimum Gasteiger partial charge on any atom is -0.355 e. The van der Waals surface area contributed by atoms with E-state index in [0.29, 0.717) is 13.0 Å². The Bertz CT molecular complexity index is 438. The van der Waals surface area contributed by atoms with Gasteiger partial charge in [0.05, 0.1) is 0 Å². The summed E-state index contributed by atoms with van der Waals surface area (Å²) in [5.74, 6) is -0.935. The van der Waals surface area contributed by atoms with E-state index in [9.17, 15) is 18.0 Å². The van der Waals surface area contributed by atoms with Crippen LogP contribution in [-0.2, 0) is 11.3 Å². The van der Waals surface area contributed by atoms with E-state index in [0.717, 1.165) is 0 Å². The van der Waals surface area contributed by atoms with Crippen LogP contribution in [0.15, 0.2) is 18.5 Å². The van der Waals surface area contributed by atoms with Crippen LogP contribution < -0.4 is 10.6 Å². The minimum atomic E-state index is -4.53. The monoisotopic (exact) mass is 290 g/mol. The summed E-state index contributed by atoms with van der Waals surface area (Å²) in [5.41, 5.74) is -2.28. The first-order valence-corrected chi connectivity index (χ1v) is 6.49. The number of alkyl halides is 3. The maximum atomic E-state index is 13.1. The Morgan fingerprint density at radius 3 is 2.85 bits per heavy atom. The molecule has 1 saturated heterocycles. The number of aryl methyl sites for hydroxylation is 1. The molecular weight excluding hydrogens is 273 g/mol. The van der Waals surface area contributed by atoms with Crippen LogP contribution in [-0.4, -0.2) is 41.5 Å². The van der Waals surface area contributed by atoms with Gasteiger partial charge >= 0.3 is 6.18 Å². The molecule has 0 aliphatic carbocycles. The summed E-state index contributed by atoms with van der Waals surface area (Å²) >= 11 is 0. The number of amides is 1. The molecule has 0 saturated carbocycles. The molecule has 0 spiro atoms. The number of halogens is 3. The number of nitrogens with zero attached hydrogens (tertiary/aromatic N) is 2. The molecular formula is C12H17F3N4O. The zero-order valence-corrected chi connectivity index (χ0v) is 10.9. The number of carbonyl (C=O) groups is 1. The first-order chi connectivity index (χ1) is 9.46. The molecule has 2 N–H and O–H groups in total. The SMILES string of the molecule is O=C(NCCCn1cccn1)C1(C(F)(F)F)CCNC1. The normalized spacial score (nSPS) is 22.9. The van der Waals surface area contributed by atoms with Gasteiger partial charge in [0.25, 0.3) is 0 Å². The second kappa shape index (κ2) is 5.82. The Morgan fingerprint density at radius 2 is 2.30 bits per heavy atom. The van der Waals surface area contributed by atoms with Gasteiger partial charge in [-0.15, -0.1) is 0 Å². The molecule has 1 aromatic heterocycles. The van der Waals surface area contributed by atoms with Gasteiger partial charge in [0, 0.05) is 32.0 Å². The lowest BCUT2D eigenvalue weighted by Gasteiger charge is -2.29. The van der Waals surface area contributed by atoms with Gasteiger partial charge < -0.3 is 10.6 Å². The van der Waals surface area contributed by atoms with Crippen LogP contribution in [0.2, 0.25) is 0 Å². The van der Waals surface area contributed by atoms with Gasteiger partial charge in [-0.2, -0.15) is 18.3 Å². The third kappa shape index (κ3) is 2.95. The highest BCUT2D eigenvalue weighted by Crippen LogP contribution is 2.43. The van der Waals surface area contributed by atoms with Gasteiger partial charge in [-0.1, -0.05) is 0 Å². The molecule has 1 aromatic rings. The molecule has 2 rings (SSSR count). The second-order valence-electron chi connectivity index (χ2n) is 4.89. The lowest BCUT2D eigenvalue weighted by Crippen LogP contribution is -2.52. The molecule has 1 atom stereocenters. The van der Waals surface area contributed by atoms with Crippen LogP contribution in [0.1, 0.15) is 12.8 Å². The van der Waals surface area contributed by atoms with E-state index in [2.05, 4.69) is 15.7 Å². The van der Waals surface area contributed by atoms with Crippen LogP contribution in [0.4, 0.5) is 13.2 Å². The van der Waals surface area contributed by atoms with E-state index in [1.54, 1.807) is 23.1 Å². The highest BCUT2D eigenvalue weighted by atomic mass is 19.4. The molecule has 20 heavy (non-hydrogen) atoms. The highest BCUT2D eigenvalue weighted by Gasteiger charge is 2.61. The summed E-state index contributed by atoms with van der Waals surface area (Å²) in [6.07, 6.45) is -0.805. The molecule has 0 bridgehead atoms. The average molecular weight is 290 g/mol. The fourth-order valence-electron chi connectivity index (χ4n) is 2.30. The first kappa shape index (κ1) is 14.8. The van der Waals surface area contributed by atoms with Gasteiger partial charge in [-0.3, -0.25) is 9.48 Å². The third-order valence-corrected chi connectivity index (χ3v) is 3.54. The maximum Gasteiger partial charge on any atom is 0.404 e. The molecule has 2 heterocycles. The zero-order valence-electron chi connectivity index (χ0n) is 10.9. The standard InChI is InChI=1S/C12H17F3N4O/c13-12(14,15)11(3-6-16-9-11)10(20)17-4-1-7-19-8-2-5-18-19/h2,5,8,16H,1,3-4,6-7,9H2,(H,17,20). The molecule has 112 valence electrons.